The number of benzene rings is 1. The number of anilines is 1. The second-order valence-corrected chi connectivity index (χ2v) is 10.6. The van der Waals surface area contributed by atoms with Gasteiger partial charge in [0, 0.05) is 93.7 Å². The number of pyridine rings is 2. The van der Waals surface area contributed by atoms with Crippen molar-refractivity contribution in [2.75, 3.05) is 39.5 Å². The third-order valence-corrected chi connectivity index (χ3v) is 7.89. The van der Waals surface area contributed by atoms with Crippen LogP contribution < -0.4 is 10.9 Å². The number of nitrogens with zero attached hydrogens (tertiary/aromatic N) is 5. The molecule has 208 valence electrons. The monoisotopic (exact) mass is 542 g/mol. The lowest BCUT2D eigenvalue weighted by Gasteiger charge is -2.32. The number of hydrogen-bond donors (Lipinski definition) is 1. The van der Waals surface area contributed by atoms with E-state index in [1.54, 1.807) is 50.2 Å². The van der Waals surface area contributed by atoms with Crippen LogP contribution in [-0.4, -0.2) is 64.1 Å². The average Bonchev–Trinajstić information content (AvgIpc) is 3.28. The second kappa shape index (κ2) is 10.7. The molecule has 8 nitrogen and oxygen atoms in total. The molecule has 0 unspecified atom stereocenters. The first-order valence-electron chi connectivity index (χ1n) is 13.4. The van der Waals surface area contributed by atoms with Crippen molar-refractivity contribution < 1.29 is 9.18 Å². The highest BCUT2D eigenvalue weighted by Gasteiger charge is 2.25. The Morgan fingerprint density at radius 1 is 1.18 bits per heavy atom. The summed E-state index contributed by atoms with van der Waals surface area (Å²) in [5.74, 6) is -0.568. The predicted octanol–water partition coefficient (Wildman–Crippen LogP) is 4.77. The number of rotatable bonds is 6. The van der Waals surface area contributed by atoms with Gasteiger partial charge in [-0.3, -0.25) is 19.1 Å². The molecule has 1 aliphatic rings. The van der Waals surface area contributed by atoms with Gasteiger partial charge in [0.15, 0.2) is 0 Å². The van der Waals surface area contributed by atoms with Gasteiger partial charge in [0.1, 0.15) is 11.5 Å². The Balaban J connectivity index is 1.42. The van der Waals surface area contributed by atoms with Crippen LogP contribution in [0.5, 0.6) is 0 Å². The van der Waals surface area contributed by atoms with E-state index in [4.69, 9.17) is 0 Å². The van der Waals surface area contributed by atoms with Crippen molar-refractivity contribution in [2.45, 2.75) is 26.3 Å². The molecule has 4 heterocycles. The molecule has 1 atom stereocenters. The van der Waals surface area contributed by atoms with Crippen LogP contribution in [0.15, 0.2) is 59.7 Å². The fourth-order valence-corrected chi connectivity index (χ4v) is 5.65. The van der Waals surface area contributed by atoms with Crippen LogP contribution >= 0.6 is 0 Å². The Hall–Kier alpha value is -4.24. The summed E-state index contributed by atoms with van der Waals surface area (Å²) in [7, 11) is 7.11. The summed E-state index contributed by atoms with van der Waals surface area (Å²) in [6.07, 6.45) is 6.30. The number of hydrogen-bond acceptors (Lipinski definition) is 5. The molecule has 1 N–H and O–H groups in total. The lowest BCUT2D eigenvalue weighted by atomic mass is 9.92. The summed E-state index contributed by atoms with van der Waals surface area (Å²) in [6, 6.07) is 10.6. The van der Waals surface area contributed by atoms with Crippen molar-refractivity contribution in [2.24, 2.45) is 7.05 Å². The maximum absolute atomic E-state index is 15.2. The summed E-state index contributed by atoms with van der Waals surface area (Å²) < 4.78 is 18.9. The molecule has 1 aliphatic heterocycles. The summed E-state index contributed by atoms with van der Waals surface area (Å²) in [5, 5.41) is 3.91. The van der Waals surface area contributed by atoms with Crippen LogP contribution in [0.4, 0.5) is 10.1 Å². The van der Waals surface area contributed by atoms with Gasteiger partial charge in [-0.25, -0.2) is 9.37 Å². The molecule has 0 saturated carbocycles. The third kappa shape index (κ3) is 4.81. The maximum Gasteiger partial charge on any atom is 0.257 e. The lowest BCUT2D eigenvalue weighted by Crippen LogP contribution is -2.32. The number of aryl methyl sites for hydroxylation is 2. The number of nitrogens with one attached hydrogen (secondary N) is 1. The molecule has 0 fully saturated rings. The van der Waals surface area contributed by atoms with Crippen molar-refractivity contribution in [3.8, 4) is 5.69 Å². The Bertz CT molecular complexity index is 1680. The molecule has 9 heteroatoms. The first-order valence-corrected chi connectivity index (χ1v) is 13.4. The van der Waals surface area contributed by atoms with E-state index in [1.807, 2.05) is 26.1 Å². The van der Waals surface area contributed by atoms with Crippen LogP contribution in [0.25, 0.3) is 22.3 Å². The van der Waals surface area contributed by atoms with E-state index in [2.05, 4.69) is 38.8 Å². The van der Waals surface area contributed by atoms with Gasteiger partial charge in [-0.15, -0.1) is 0 Å². The quantitative estimate of drug-likeness (QED) is 0.380. The van der Waals surface area contributed by atoms with Gasteiger partial charge in [-0.1, -0.05) is 6.08 Å². The molecule has 3 aromatic heterocycles. The Labute approximate surface area is 233 Å². The minimum atomic E-state index is -0.358. The molecule has 0 saturated heterocycles. The zero-order chi connectivity index (χ0) is 28.7. The van der Waals surface area contributed by atoms with Gasteiger partial charge in [-0.05, 0) is 61.7 Å². The van der Waals surface area contributed by atoms with Crippen LogP contribution in [0.3, 0.4) is 0 Å². The highest BCUT2D eigenvalue weighted by molar-refractivity contribution is 5.94. The SMILES string of the molecule is CNc1ccn(-c2ccnc3c2cc([C@H](C)N2CC=C(c4c(C)cc(C(=O)N(C)C)cc4F)CC2)n3C)c(=O)c1. The van der Waals surface area contributed by atoms with E-state index in [-0.39, 0.29) is 23.3 Å². The number of carbonyl (C=O) groups excluding carboxylic acids is 1. The third-order valence-electron chi connectivity index (χ3n) is 7.89. The van der Waals surface area contributed by atoms with Crippen molar-refractivity contribution in [3.05, 3.63) is 93.4 Å². The van der Waals surface area contributed by atoms with Crippen molar-refractivity contribution in [3.63, 3.8) is 0 Å². The summed E-state index contributed by atoms with van der Waals surface area (Å²) in [5.41, 5.74) is 6.01. The second-order valence-electron chi connectivity index (χ2n) is 10.6. The van der Waals surface area contributed by atoms with Gasteiger partial charge >= 0.3 is 0 Å². The Morgan fingerprint density at radius 2 is 1.95 bits per heavy atom. The van der Waals surface area contributed by atoms with E-state index in [1.165, 1.54) is 11.0 Å². The zero-order valence-corrected chi connectivity index (χ0v) is 23.8. The van der Waals surface area contributed by atoms with Crippen molar-refractivity contribution in [1.29, 1.82) is 0 Å². The van der Waals surface area contributed by atoms with Gasteiger partial charge in [0.25, 0.3) is 11.5 Å². The number of carbonyl (C=O) groups is 1. The number of fused-ring (bicyclic) bond motifs is 1. The minimum absolute atomic E-state index is 0.0688. The van der Waals surface area contributed by atoms with Gasteiger partial charge in [0.2, 0.25) is 0 Å². The van der Waals surface area contributed by atoms with Gasteiger partial charge in [0.05, 0.1) is 5.69 Å². The van der Waals surface area contributed by atoms with E-state index >= 15 is 4.39 Å². The Morgan fingerprint density at radius 3 is 2.58 bits per heavy atom. The normalized spacial score (nSPS) is 14.7. The molecular weight excluding hydrogens is 507 g/mol. The van der Waals surface area contributed by atoms with Crippen LogP contribution in [0, 0.1) is 12.7 Å². The molecule has 40 heavy (non-hydrogen) atoms. The molecular formula is C31H35FN6O2. The molecule has 4 aromatic rings. The standard InChI is InChI=1S/C31H35FN6O2/c1-19-15-22(31(40)35(4)5)16-25(32)29(19)21-8-12-37(13-9-21)20(2)27-18-24-26(7-11-34-30(24)36(27)6)38-14-10-23(33-3)17-28(38)39/h7-8,10-11,14-18,20,33H,9,12-13H2,1-6H3/t20-/m0/s1. The minimum Gasteiger partial charge on any atom is -0.388 e. The molecule has 1 aromatic carbocycles. The van der Waals surface area contributed by atoms with E-state index in [0.29, 0.717) is 24.1 Å². The van der Waals surface area contributed by atoms with Gasteiger partial charge < -0.3 is 14.8 Å². The van der Waals surface area contributed by atoms with Crippen molar-refractivity contribution >= 4 is 28.2 Å². The molecule has 1 amide bonds. The summed E-state index contributed by atoms with van der Waals surface area (Å²) in [6.45, 7) is 5.45. The maximum atomic E-state index is 15.2. The van der Waals surface area contributed by atoms with E-state index in [9.17, 15) is 9.59 Å². The first kappa shape index (κ1) is 27.3. The number of aromatic nitrogens is 3. The smallest absolute Gasteiger partial charge is 0.257 e. The fourth-order valence-electron chi connectivity index (χ4n) is 5.65. The molecule has 5 rings (SSSR count). The molecule has 0 bridgehead atoms. The largest absolute Gasteiger partial charge is 0.388 e. The molecule has 0 radical (unpaired) electrons. The first-order chi connectivity index (χ1) is 19.1. The van der Waals surface area contributed by atoms with E-state index < -0.39 is 0 Å². The van der Waals surface area contributed by atoms with Crippen LogP contribution in [0.2, 0.25) is 0 Å². The Kier molecular flexibility index (Phi) is 7.33. The van der Waals surface area contributed by atoms with Crippen molar-refractivity contribution in [1.82, 2.24) is 23.9 Å². The van der Waals surface area contributed by atoms with Crippen LogP contribution in [-0.2, 0) is 7.05 Å². The average molecular weight is 543 g/mol. The number of amides is 1. The number of halogens is 1. The van der Waals surface area contributed by atoms with E-state index in [0.717, 1.165) is 45.8 Å². The molecule has 0 aliphatic carbocycles. The highest BCUT2D eigenvalue weighted by atomic mass is 19.1. The molecule has 0 spiro atoms. The lowest BCUT2D eigenvalue weighted by molar-refractivity contribution is 0.0827. The topological polar surface area (TPSA) is 75.4 Å². The highest BCUT2D eigenvalue weighted by Crippen LogP contribution is 2.34. The fraction of sp³-hybridized carbons (Fsp3) is 0.323. The van der Waals surface area contributed by atoms with Gasteiger partial charge in [-0.2, -0.15) is 0 Å². The summed E-state index contributed by atoms with van der Waals surface area (Å²) in [4.78, 5) is 33.6. The predicted molar refractivity (Wildman–Crippen MR) is 158 cm³/mol. The summed E-state index contributed by atoms with van der Waals surface area (Å²) >= 11 is 0. The van der Waals surface area contributed by atoms with Crippen LogP contribution in [0.1, 0.15) is 46.6 Å². The zero-order valence-electron chi connectivity index (χ0n) is 23.8.